The Labute approximate surface area is 170 Å². The van der Waals surface area contributed by atoms with Crippen molar-refractivity contribution >= 4 is 17.6 Å². The van der Waals surface area contributed by atoms with E-state index in [0.29, 0.717) is 11.4 Å². The minimum atomic E-state index is -0.646. The van der Waals surface area contributed by atoms with E-state index in [0.717, 1.165) is 5.56 Å². The summed E-state index contributed by atoms with van der Waals surface area (Å²) in [5, 5.41) is 4.31. The van der Waals surface area contributed by atoms with Gasteiger partial charge in [0.05, 0.1) is 23.4 Å². The zero-order chi connectivity index (χ0) is 20.7. The van der Waals surface area contributed by atoms with Crippen LogP contribution < -0.4 is 5.56 Å². The Morgan fingerprint density at radius 1 is 1.17 bits per heavy atom. The van der Waals surface area contributed by atoms with Crippen molar-refractivity contribution in [3.8, 4) is 22.6 Å². The highest BCUT2D eigenvalue weighted by Gasteiger charge is 2.25. The summed E-state index contributed by atoms with van der Waals surface area (Å²) in [5.41, 5.74) is 2.10. The molecule has 2 aliphatic rings. The predicted octanol–water partition coefficient (Wildman–Crippen LogP) is 4.02. The molecule has 29 heavy (non-hydrogen) atoms. The van der Waals surface area contributed by atoms with Crippen LogP contribution >= 0.6 is 11.6 Å². The van der Waals surface area contributed by atoms with E-state index in [1.807, 2.05) is 19.1 Å². The molecule has 0 saturated heterocycles. The van der Waals surface area contributed by atoms with Crippen molar-refractivity contribution in [2.45, 2.75) is 6.92 Å². The largest absolute Gasteiger partial charge is 0.465 e. The molecule has 0 amide bonds. The molecular weight excluding hydrogens is 397 g/mol. The van der Waals surface area contributed by atoms with E-state index in [1.165, 1.54) is 47.0 Å². The lowest BCUT2D eigenvalue weighted by molar-refractivity contribution is 0.0600. The second-order valence-electron chi connectivity index (χ2n) is 6.43. The van der Waals surface area contributed by atoms with Gasteiger partial charge in [0, 0.05) is 18.1 Å². The van der Waals surface area contributed by atoms with E-state index >= 15 is 0 Å². The molecule has 0 radical (unpaired) electrons. The Kier molecular flexibility index (Phi) is 4.68. The lowest BCUT2D eigenvalue weighted by Gasteiger charge is -2.12. The van der Waals surface area contributed by atoms with E-state index in [9.17, 15) is 14.0 Å². The molecule has 0 bridgehead atoms. The number of hydrogen-bond donors (Lipinski definition) is 0. The highest BCUT2D eigenvalue weighted by atomic mass is 35.5. The van der Waals surface area contributed by atoms with Gasteiger partial charge in [-0.15, -0.1) is 0 Å². The summed E-state index contributed by atoms with van der Waals surface area (Å²) >= 11 is 5.89. The summed E-state index contributed by atoms with van der Waals surface area (Å²) in [5.74, 6) is -1.21. The zero-order valence-corrected chi connectivity index (χ0v) is 16.3. The predicted molar refractivity (Wildman–Crippen MR) is 107 cm³/mol. The molecule has 2 aliphatic heterocycles. The first kappa shape index (κ1) is 18.9. The number of para-hydroxylation sites is 1. The SMILES string of the molecule is COC(=O)c1cn(-c2ccc(F)c(Cl)c2)cc2c(=O)n(-c3ccccc3C)nc1-2. The van der Waals surface area contributed by atoms with E-state index in [-0.39, 0.29) is 27.4 Å². The minimum absolute atomic E-state index is 0.0762. The number of ether oxygens (including phenoxy) is 1. The van der Waals surface area contributed by atoms with Crippen LogP contribution in [0.3, 0.4) is 0 Å². The summed E-state index contributed by atoms with van der Waals surface area (Å²) in [6.07, 6.45) is 3.02. The number of esters is 1. The molecule has 6 nitrogen and oxygen atoms in total. The lowest BCUT2D eigenvalue weighted by Crippen LogP contribution is -2.16. The molecule has 8 heteroatoms. The molecular formula is C21H15ClFN3O3. The van der Waals surface area contributed by atoms with Gasteiger partial charge < -0.3 is 9.30 Å². The molecule has 0 atom stereocenters. The Morgan fingerprint density at radius 3 is 2.62 bits per heavy atom. The third-order valence-electron chi connectivity index (χ3n) is 4.62. The Balaban J connectivity index is 2.02. The molecule has 0 aliphatic carbocycles. The third-order valence-corrected chi connectivity index (χ3v) is 4.91. The molecule has 0 N–H and O–H groups in total. The van der Waals surface area contributed by atoms with Gasteiger partial charge in [0.15, 0.2) is 0 Å². The number of rotatable bonds is 3. The lowest BCUT2D eigenvalue weighted by atomic mass is 10.1. The van der Waals surface area contributed by atoms with Crippen molar-refractivity contribution in [2.75, 3.05) is 7.11 Å². The summed E-state index contributed by atoms with van der Waals surface area (Å²) in [6.45, 7) is 1.86. The normalized spacial score (nSPS) is 11.0. The molecule has 2 aromatic rings. The van der Waals surface area contributed by atoms with Crippen molar-refractivity contribution in [2.24, 2.45) is 0 Å². The smallest absolute Gasteiger partial charge is 0.341 e. The van der Waals surface area contributed by atoms with Crippen LogP contribution in [0.5, 0.6) is 0 Å². The number of halogens is 2. The number of pyridine rings is 1. The summed E-state index contributed by atoms with van der Waals surface area (Å²) in [7, 11) is 1.25. The van der Waals surface area contributed by atoms with Crippen molar-refractivity contribution in [3.05, 3.63) is 87.2 Å². The van der Waals surface area contributed by atoms with Gasteiger partial charge in [0.2, 0.25) is 0 Å². The first-order valence-electron chi connectivity index (χ1n) is 8.65. The average molecular weight is 412 g/mol. The maximum Gasteiger partial charge on any atom is 0.341 e. The fourth-order valence-corrected chi connectivity index (χ4v) is 3.30. The molecule has 0 unspecified atom stereocenters. The van der Waals surface area contributed by atoms with Crippen LogP contribution in [0.1, 0.15) is 15.9 Å². The van der Waals surface area contributed by atoms with Gasteiger partial charge in [0.25, 0.3) is 5.56 Å². The number of hydrogen-bond acceptors (Lipinski definition) is 4. The number of aromatic nitrogens is 3. The maximum atomic E-state index is 13.5. The van der Waals surface area contributed by atoms with Crippen LogP contribution in [0.25, 0.3) is 22.6 Å². The number of methoxy groups -OCH3 is 1. The zero-order valence-electron chi connectivity index (χ0n) is 15.5. The molecule has 2 aromatic carbocycles. The fourth-order valence-electron chi connectivity index (χ4n) is 3.12. The van der Waals surface area contributed by atoms with E-state index < -0.39 is 11.8 Å². The highest BCUT2D eigenvalue weighted by molar-refractivity contribution is 6.30. The molecule has 4 rings (SSSR count). The topological polar surface area (TPSA) is 66.1 Å². The average Bonchev–Trinajstić information content (AvgIpc) is 3.05. The van der Waals surface area contributed by atoms with Crippen LogP contribution in [-0.4, -0.2) is 27.4 Å². The number of carbonyl (C=O) groups is 1. The van der Waals surface area contributed by atoms with Gasteiger partial charge in [-0.25, -0.2) is 9.18 Å². The number of fused-ring (bicyclic) bond motifs is 1. The second kappa shape index (κ2) is 7.18. The summed E-state index contributed by atoms with van der Waals surface area (Å²) in [6, 6.07) is 11.4. The summed E-state index contributed by atoms with van der Waals surface area (Å²) < 4.78 is 21.2. The van der Waals surface area contributed by atoms with Crippen molar-refractivity contribution in [1.82, 2.24) is 14.3 Å². The van der Waals surface area contributed by atoms with Gasteiger partial charge in [-0.3, -0.25) is 4.79 Å². The third kappa shape index (κ3) is 3.19. The Hall–Kier alpha value is -3.45. The molecule has 0 spiro atoms. The second-order valence-corrected chi connectivity index (χ2v) is 6.84. The van der Waals surface area contributed by atoms with Gasteiger partial charge in [-0.1, -0.05) is 29.8 Å². The van der Waals surface area contributed by atoms with Crippen molar-refractivity contribution in [1.29, 1.82) is 0 Å². The van der Waals surface area contributed by atoms with Crippen LogP contribution in [-0.2, 0) is 4.74 Å². The van der Waals surface area contributed by atoms with E-state index in [4.69, 9.17) is 16.3 Å². The number of carbonyl (C=O) groups excluding carboxylic acids is 1. The van der Waals surface area contributed by atoms with Gasteiger partial charge in [-0.2, -0.15) is 9.78 Å². The van der Waals surface area contributed by atoms with Crippen molar-refractivity contribution in [3.63, 3.8) is 0 Å². The number of nitrogens with zero attached hydrogens (tertiary/aromatic N) is 3. The maximum absolute atomic E-state index is 13.5. The molecule has 146 valence electrons. The van der Waals surface area contributed by atoms with E-state index in [2.05, 4.69) is 5.10 Å². The number of aryl methyl sites for hydroxylation is 1. The first-order chi connectivity index (χ1) is 13.9. The van der Waals surface area contributed by atoms with Crippen LogP contribution in [0.15, 0.2) is 59.7 Å². The van der Waals surface area contributed by atoms with Crippen LogP contribution in [0.4, 0.5) is 4.39 Å². The van der Waals surface area contributed by atoms with Gasteiger partial charge >= 0.3 is 5.97 Å². The Bertz CT molecular complexity index is 1280. The monoisotopic (exact) mass is 411 g/mol. The van der Waals surface area contributed by atoms with Crippen LogP contribution in [0.2, 0.25) is 5.02 Å². The minimum Gasteiger partial charge on any atom is -0.465 e. The molecule has 0 saturated carbocycles. The molecule has 0 aromatic heterocycles. The number of benzene rings is 2. The van der Waals surface area contributed by atoms with Gasteiger partial charge in [0.1, 0.15) is 17.1 Å². The highest BCUT2D eigenvalue weighted by Crippen LogP contribution is 2.26. The van der Waals surface area contributed by atoms with E-state index in [1.54, 1.807) is 12.1 Å². The first-order valence-corrected chi connectivity index (χ1v) is 9.03. The fraction of sp³-hybridized carbons (Fsp3) is 0.0952. The standard InChI is InChI=1S/C21H15ClFN3O3/c1-12-5-3-4-6-18(12)26-20(27)14-10-25(13-7-8-17(23)16(22)9-13)11-15(19(14)24-26)21(28)29-2/h3-11H,1-2H3. The summed E-state index contributed by atoms with van der Waals surface area (Å²) in [4.78, 5) is 25.5. The molecule has 2 heterocycles. The molecule has 0 fully saturated rings. The van der Waals surface area contributed by atoms with Crippen LogP contribution in [0, 0.1) is 12.7 Å². The van der Waals surface area contributed by atoms with Gasteiger partial charge in [-0.05, 0) is 36.8 Å². The Morgan fingerprint density at radius 2 is 1.93 bits per heavy atom. The quantitative estimate of drug-likeness (QED) is 0.478. The van der Waals surface area contributed by atoms with Crippen molar-refractivity contribution < 1.29 is 13.9 Å².